The lowest BCUT2D eigenvalue weighted by molar-refractivity contribution is 0.913. The number of hydrogen-bond acceptors (Lipinski definition) is 0. The molecule has 0 spiro atoms. The van der Waals surface area contributed by atoms with Gasteiger partial charge in [0.25, 0.3) is 0 Å². The lowest BCUT2D eigenvalue weighted by atomic mass is 10.1. The van der Waals surface area contributed by atoms with Crippen LogP contribution in [0.2, 0.25) is 0 Å². The first kappa shape index (κ1) is 8.32. The molecule has 0 amide bonds. The maximum Gasteiger partial charge on any atom is -0.00931 e. The van der Waals surface area contributed by atoms with Crippen molar-refractivity contribution in [2.45, 2.75) is 26.7 Å². The molecule has 1 rings (SSSR count). The predicted octanol–water partition coefficient (Wildman–Crippen LogP) is 3.35. The Morgan fingerprint density at radius 2 is 2.18 bits per heavy atom. The van der Waals surface area contributed by atoms with Crippen molar-refractivity contribution in [2.75, 3.05) is 0 Å². The van der Waals surface area contributed by atoms with Crippen LogP contribution in [0.1, 0.15) is 30.9 Å². The van der Waals surface area contributed by atoms with E-state index in [1.807, 2.05) is 0 Å². The summed E-state index contributed by atoms with van der Waals surface area (Å²) in [6.07, 6.45) is 4.70. The van der Waals surface area contributed by atoms with Gasteiger partial charge in [0.15, 0.2) is 0 Å². The maximum absolute atomic E-state index is 2.28. The van der Waals surface area contributed by atoms with E-state index in [-0.39, 0.29) is 0 Å². The van der Waals surface area contributed by atoms with Crippen LogP contribution in [-0.2, 0) is 0 Å². The summed E-state index contributed by atoms with van der Waals surface area (Å²) in [5, 5.41) is 0. The van der Waals surface area contributed by atoms with Crippen molar-refractivity contribution in [3.63, 3.8) is 0 Å². The molecule has 0 saturated carbocycles. The molecule has 0 atom stereocenters. The summed E-state index contributed by atoms with van der Waals surface area (Å²) in [7, 11) is 0. The zero-order valence-electron chi connectivity index (χ0n) is 7.30. The molecule has 0 unspecified atom stereocenters. The molecule has 0 nitrogen and oxygen atoms in total. The molecule has 1 aromatic rings. The Balaban J connectivity index is 2.56. The van der Waals surface area contributed by atoms with Gasteiger partial charge in [0.1, 0.15) is 0 Å². The van der Waals surface area contributed by atoms with Crippen LogP contribution < -0.4 is 0 Å². The predicted molar refractivity (Wildman–Crippen MR) is 49.5 cm³/mol. The second kappa shape index (κ2) is 4.17. The van der Waals surface area contributed by atoms with E-state index in [1.165, 1.54) is 24.0 Å². The number of aryl methyl sites for hydroxylation is 1. The van der Waals surface area contributed by atoms with Crippen LogP contribution in [-0.4, -0.2) is 0 Å². The molecule has 1 radical (unpaired) electrons. The fourth-order valence-corrected chi connectivity index (χ4v) is 1.11. The Bertz CT molecular complexity index is 213. The summed E-state index contributed by atoms with van der Waals surface area (Å²) in [5.41, 5.74) is 2.70. The molecular formula is C11H15. The minimum absolute atomic E-state index is 1.18. The van der Waals surface area contributed by atoms with Crippen molar-refractivity contribution in [1.29, 1.82) is 0 Å². The molecule has 0 bridgehead atoms. The van der Waals surface area contributed by atoms with E-state index >= 15 is 0 Å². The topological polar surface area (TPSA) is 0 Å². The summed E-state index contributed by atoms with van der Waals surface area (Å²) in [6, 6.07) is 8.61. The Morgan fingerprint density at radius 1 is 1.36 bits per heavy atom. The molecule has 0 aliphatic rings. The first-order valence-electron chi connectivity index (χ1n) is 4.23. The minimum Gasteiger partial charge on any atom is -0.0654 e. The Labute approximate surface area is 69.3 Å². The maximum atomic E-state index is 2.28. The molecule has 0 heterocycles. The molecule has 0 fully saturated rings. The number of hydrogen-bond donors (Lipinski definition) is 0. The van der Waals surface area contributed by atoms with E-state index in [0.29, 0.717) is 0 Å². The molecule has 0 heteroatoms. The first-order chi connectivity index (χ1) is 5.33. The largest absolute Gasteiger partial charge is 0.0654 e. The molecule has 0 saturated heterocycles. The zero-order chi connectivity index (χ0) is 8.10. The molecule has 59 valence electrons. The standard InChI is InChI=1S/C11H15/c1-3-4-7-11-8-5-6-10(2)9-11/h5-9H,3-4H2,1-2H3. The van der Waals surface area contributed by atoms with Crippen molar-refractivity contribution in [3.8, 4) is 0 Å². The molecule has 1 aromatic carbocycles. The van der Waals surface area contributed by atoms with Crippen LogP contribution >= 0.6 is 0 Å². The lowest BCUT2D eigenvalue weighted by Crippen LogP contribution is -1.81. The minimum atomic E-state index is 1.18. The fraction of sp³-hybridized carbons (Fsp3) is 0.364. The summed E-state index contributed by atoms with van der Waals surface area (Å²) in [6.45, 7) is 4.33. The van der Waals surface area contributed by atoms with Crippen LogP contribution in [0.3, 0.4) is 0 Å². The van der Waals surface area contributed by atoms with E-state index in [4.69, 9.17) is 0 Å². The number of rotatable bonds is 3. The van der Waals surface area contributed by atoms with Crippen molar-refractivity contribution < 1.29 is 0 Å². The molecule has 0 aromatic heterocycles. The van der Waals surface area contributed by atoms with Crippen LogP contribution in [0.25, 0.3) is 0 Å². The second-order valence-corrected chi connectivity index (χ2v) is 2.91. The summed E-state index contributed by atoms with van der Waals surface area (Å²) in [5.74, 6) is 0. The Hall–Kier alpha value is -0.780. The lowest BCUT2D eigenvalue weighted by Gasteiger charge is -1.99. The zero-order valence-corrected chi connectivity index (χ0v) is 7.30. The van der Waals surface area contributed by atoms with Crippen LogP contribution in [0, 0.1) is 13.3 Å². The highest BCUT2D eigenvalue weighted by Gasteiger charge is 1.91. The van der Waals surface area contributed by atoms with Gasteiger partial charge in [-0.15, -0.1) is 0 Å². The molecular weight excluding hydrogens is 132 g/mol. The van der Waals surface area contributed by atoms with Gasteiger partial charge in [-0.2, -0.15) is 0 Å². The van der Waals surface area contributed by atoms with Gasteiger partial charge in [-0.1, -0.05) is 43.2 Å². The highest BCUT2D eigenvalue weighted by Crippen LogP contribution is 2.09. The average Bonchev–Trinajstić information content (AvgIpc) is 2.01. The average molecular weight is 147 g/mol. The van der Waals surface area contributed by atoms with Crippen molar-refractivity contribution in [1.82, 2.24) is 0 Å². The third-order valence-electron chi connectivity index (χ3n) is 1.71. The third kappa shape index (κ3) is 2.75. The Kier molecular flexibility index (Phi) is 3.15. The molecule has 11 heavy (non-hydrogen) atoms. The molecule has 0 aliphatic heterocycles. The van der Waals surface area contributed by atoms with Gasteiger partial charge in [-0.25, -0.2) is 0 Å². The van der Waals surface area contributed by atoms with Gasteiger partial charge in [-0.3, -0.25) is 0 Å². The van der Waals surface area contributed by atoms with E-state index in [1.54, 1.807) is 0 Å². The third-order valence-corrected chi connectivity index (χ3v) is 1.71. The summed E-state index contributed by atoms with van der Waals surface area (Å²) >= 11 is 0. The SMILES string of the molecule is CCC[CH]c1cccc(C)c1. The van der Waals surface area contributed by atoms with Gasteiger partial charge in [0, 0.05) is 0 Å². The number of benzene rings is 1. The van der Waals surface area contributed by atoms with E-state index < -0.39 is 0 Å². The smallest absolute Gasteiger partial charge is 0.00931 e. The van der Waals surface area contributed by atoms with Gasteiger partial charge in [-0.05, 0) is 25.3 Å². The normalized spacial score (nSPS) is 10.0. The van der Waals surface area contributed by atoms with Crippen molar-refractivity contribution >= 4 is 0 Å². The van der Waals surface area contributed by atoms with Crippen molar-refractivity contribution in [3.05, 3.63) is 41.8 Å². The monoisotopic (exact) mass is 147 g/mol. The highest BCUT2D eigenvalue weighted by atomic mass is 14.0. The van der Waals surface area contributed by atoms with Crippen LogP contribution in [0.4, 0.5) is 0 Å². The fourth-order valence-electron chi connectivity index (χ4n) is 1.11. The van der Waals surface area contributed by atoms with E-state index in [9.17, 15) is 0 Å². The van der Waals surface area contributed by atoms with Gasteiger partial charge < -0.3 is 0 Å². The van der Waals surface area contributed by atoms with Gasteiger partial charge >= 0.3 is 0 Å². The quantitative estimate of drug-likeness (QED) is 0.615. The first-order valence-corrected chi connectivity index (χ1v) is 4.23. The molecule has 0 aliphatic carbocycles. The Morgan fingerprint density at radius 3 is 2.82 bits per heavy atom. The van der Waals surface area contributed by atoms with Crippen LogP contribution in [0.5, 0.6) is 0 Å². The molecule has 0 N–H and O–H groups in total. The van der Waals surface area contributed by atoms with E-state index in [0.717, 1.165) is 0 Å². The summed E-state index contributed by atoms with van der Waals surface area (Å²) < 4.78 is 0. The highest BCUT2D eigenvalue weighted by molar-refractivity contribution is 5.27. The summed E-state index contributed by atoms with van der Waals surface area (Å²) in [4.78, 5) is 0. The van der Waals surface area contributed by atoms with Gasteiger partial charge in [0.2, 0.25) is 0 Å². The van der Waals surface area contributed by atoms with Crippen LogP contribution in [0.15, 0.2) is 24.3 Å². The van der Waals surface area contributed by atoms with Gasteiger partial charge in [0.05, 0.1) is 0 Å². The number of unbranched alkanes of at least 4 members (excludes halogenated alkanes) is 1. The van der Waals surface area contributed by atoms with E-state index in [2.05, 4.69) is 44.5 Å². The second-order valence-electron chi connectivity index (χ2n) is 2.91. The van der Waals surface area contributed by atoms with Crippen molar-refractivity contribution in [2.24, 2.45) is 0 Å².